The van der Waals surface area contributed by atoms with Crippen LogP contribution in [0.2, 0.25) is 0 Å². The van der Waals surface area contributed by atoms with Crippen LogP contribution in [0.25, 0.3) is 0 Å². The Morgan fingerprint density at radius 1 is 1.24 bits per heavy atom. The third kappa shape index (κ3) is 2.47. The Morgan fingerprint density at radius 3 is 2.76 bits per heavy atom. The van der Waals surface area contributed by atoms with Crippen LogP contribution in [0, 0.1) is 5.82 Å². The summed E-state index contributed by atoms with van der Waals surface area (Å²) in [4.78, 5) is 29.5. The molecule has 0 spiro atoms. The fourth-order valence-electron chi connectivity index (χ4n) is 2.34. The predicted molar refractivity (Wildman–Crippen MR) is 78.7 cm³/mol. The summed E-state index contributed by atoms with van der Waals surface area (Å²) in [6, 6.07) is 7.86. The minimum Gasteiger partial charge on any atom is -0.303 e. The van der Waals surface area contributed by atoms with Gasteiger partial charge in [-0.25, -0.2) is 4.39 Å². The highest BCUT2D eigenvalue weighted by Crippen LogP contribution is 2.36. The number of carbonyl (C=O) groups excluding carboxylic acids is 2. The van der Waals surface area contributed by atoms with E-state index in [1.807, 2.05) is 18.2 Å². The molecule has 2 heterocycles. The number of benzene rings is 1. The topological polar surface area (TPSA) is 50.3 Å². The molecule has 1 amide bonds. The molecule has 0 aliphatic carbocycles. The van der Waals surface area contributed by atoms with Gasteiger partial charge < -0.3 is 4.90 Å². The average molecular weight is 349 g/mol. The molecule has 4 nitrogen and oxygen atoms in total. The lowest BCUT2D eigenvalue weighted by Crippen LogP contribution is -2.32. The van der Waals surface area contributed by atoms with E-state index in [2.05, 4.69) is 20.9 Å². The van der Waals surface area contributed by atoms with E-state index in [1.54, 1.807) is 6.20 Å². The zero-order valence-electron chi connectivity index (χ0n) is 10.8. The lowest BCUT2D eigenvalue weighted by Gasteiger charge is -2.17. The van der Waals surface area contributed by atoms with E-state index in [4.69, 9.17) is 0 Å². The molecule has 2 aromatic rings. The molecule has 1 aliphatic rings. The van der Waals surface area contributed by atoms with Crippen LogP contribution in [0.4, 0.5) is 10.1 Å². The fourth-order valence-corrected chi connectivity index (χ4v) is 2.98. The molecule has 0 unspecified atom stereocenters. The smallest absolute Gasteiger partial charge is 0.299 e. The second kappa shape index (κ2) is 5.37. The first-order chi connectivity index (χ1) is 10.1. The van der Waals surface area contributed by atoms with Gasteiger partial charge in [-0.2, -0.15) is 0 Å². The van der Waals surface area contributed by atoms with Crippen molar-refractivity contribution in [1.82, 2.24) is 4.98 Å². The molecule has 1 aromatic heterocycles. The summed E-state index contributed by atoms with van der Waals surface area (Å²) >= 11 is 3.22. The standard InChI is InChI=1S/C15H10BrFN2O2/c16-12-8-9(17)7-11-13(12)19(15(21)14(11)20)6-4-10-3-1-2-5-18-10/h1-3,5,7-8H,4,6H2. The van der Waals surface area contributed by atoms with Gasteiger partial charge in [0, 0.05) is 29.3 Å². The fraction of sp³-hybridized carbons (Fsp3) is 0.133. The van der Waals surface area contributed by atoms with Crippen molar-refractivity contribution in [1.29, 1.82) is 0 Å². The molecular weight excluding hydrogens is 339 g/mol. The van der Waals surface area contributed by atoms with E-state index in [9.17, 15) is 14.0 Å². The van der Waals surface area contributed by atoms with Gasteiger partial charge in [0.2, 0.25) is 0 Å². The molecule has 21 heavy (non-hydrogen) atoms. The maximum absolute atomic E-state index is 13.4. The third-order valence-electron chi connectivity index (χ3n) is 3.30. The van der Waals surface area contributed by atoms with Crippen LogP contribution >= 0.6 is 15.9 Å². The number of hydrogen-bond acceptors (Lipinski definition) is 3. The maximum Gasteiger partial charge on any atom is 0.299 e. The first kappa shape index (κ1) is 13.9. The first-order valence-electron chi connectivity index (χ1n) is 6.33. The number of amides is 1. The van der Waals surface area contributed by atoms with Gasteiger partial charge in [-0.1, -0.05) is 6.07 Å². The van der Waals surface area contributed by atoms with E-state index in [0.717, 1.165) is 11.8 Å². The molecule has 0 bridgehead atoms. The molecule has 106 valence electrons. The highest BCUT2D eigenvalue weighted by atomic mass is 79.9. The minimum absolute atomic E-state index is 0.105. The van der Waals surface area contributed by atoms with Crippen molar-refractivity contribution in [2.75, 3.05) is 11.4 Å². The van der Waals surface area contributed by atoms with Gasteiger partial charge >= 0.3 is 0 Å². The summed E-state index contributed by atoms with van der Waals surface area (Å²) < 4.78 is 13.8. The number of nitrogens with zero attached hydrogens (tertiary/aromatic N) is 2. The number of rotatable bonds is 3. The van der Waals surface area contributed by atoms with Crippen LogP contribution in [0.15, 0.2) is 41.0 Å². The SMILES string of the molecule is O=C1C(=O)N(CCc2ccccn2)c2c(Br)cc(F)cc21. The lowest BCUT2D eigenvalue weighted by atomic mass is 10.1. The Kier molecular flexibility index (Phi) is 3.55. The number of carbonyl (C=O) groups is 2. The van der Waals surface area contributed by atoms with Gasteiger partial charge in [0.25, 0.3) is 11.7 Å². The Labute approximate surface area is 128 Å². The van der Waals surface area contributed by atoms with Gasteiger partial charge in [-0.05, 0) is 40.2 Å². The second-order valence-electron chi connectivity index (χ2n) is 4.64. The van der Waals surface area contributed by atoms with Crippen LogP contribution in [0.3, 0.4) is 0 Å². The van der Waals surface area contributed by atoms with Gasteiger partial charge in [0.15, 0.2) is 0 Å². The summed E-state index contributed by atoms with van der Waals surface area (Å²) in [5, 5.41) is 0. The normalized spacial score (nSPS) is 13.7. The Hall–Kier alpha value is -2.08. The number of Topliss-reactive ketones (excluding diaryl/α,β-unsaturated/α-hetero) is 1. The quantitative estimate of drug-likeness (QED) is 0.801. The van der Waals surface area contributed by atoms with Gasteiger partial charge in [0.05, 0.1) is 11.3 Å². The number of aromatic nitrogens is 1. The van der Waals surface area contributed by atoms with Crippen molar-refractivity contribution in [2.45, 2.75) is 6.42 Å². The van der Waals surface area contributed by atoms with E-state index >= 15 is 0 Å². The van der Waals surface area contributed by atoms with Crippen LogP contribution in [-0.4, -0.2) is 23.2 Å². The molecule has 3 rings (SSSR count). The molecular formula is C15H10BrFN2O2. The maximum atomic E-state index is 13.4. The lowest BCUT2D eigenvalue weighted by molar-refractivity contribution is -0.114. The predicted octanol–water partition coefficient (Wildman–Crippen LogP) is 2.76. The molecule has 0 fully saturated rings. The molecule has 0 N–H and O–H groups in total. The summed E-state index contributed by atoms with van der Waals surface area (Å²) in [6.07, 6.45) is 2.19. The summed E-state index contributed by atoms with van der Waals surface area (Å²) in [6.45, 7) is 0.318. The zero-order chi connectivity index (χ0) is 15.0. The summed E-state index contributed by atoms with van der Waals surface area (Å²) in [5.74, 6) is -1.85. The van der Waals surface area contributed by atoms with Crippen molar-refractivity contribution in [3.8, 4) is 0 Å². The van der Waals surface area contributed by atoms with E-state index in [0.29, 0.717) is 23.1 Å². The largest absolute Gasteiger partial charge is 0.303 e. The van der Waals surface area contributed by atoms with Crippen LogP contribution in [0.1, 0.15) is 16.1 Å². The molecule has 0 saturated heterocycles. The van der Waals surface area contributed by atoms with Crippen LogP contribution < -0.4 is 4.90 Å². The van der Waals surface area contributed by atoms with Gasteiger partial charge in [-0.15, -0.1) is 0 Å². The van der Waals surface area contributed by atoms with Crippen molar-refractivity contribution >= 4 is 33.3 Å². The zero-order valence-corrected chi connectivity index (χ0v) is 12.4. The van der Waals surface area contributed by atoms with Crippen molar-refractivity contribution in [3.63, 3.8) is 0 Å². The van der Waals surface area contributed by atoms with Crippen molar-refractivity contribution < 1.29 is 14.0 Å². The monoisotopic (exact) mass is 348 g/mol. The Balaban J connectivity index is 1.91. The van der Waals surface area contributed by atoms with Crippen molar-refractivity contribution in [2.24, 2.45) is 0 Å². The van der Waals surface area contributed by atoms with E-state index < -0.39 is 17.5 Å². The summed E-state index contributed by atoms with van der Waals surface area (Å²) in [5.41, 5.74) is 1.36. The minimum atomic E-state index is -0.675. The molecule has 0 radical (unpaired) electrons. The number of anilines is 1. The van der Waals surface area contributed by atoms with E-state index in [1.165, 1.54) is 11.0 Å². The second-order valence-corrected chi connectivity index (χ2v) is 5.50. The van der Waals surface area contributed by atoms with Crippen molar-refractivity contribution in [3.05, 3.63) is 58.1 Å². The third-order valence-corrected chi connectivity index (χ3v) is 3.90. The molecule has 6 heteroatoms. The number of hydrogen-bond donors (Lipinski definition) is 0. The highest BCUT2D eigenvalue weighted by Gasteiger charge is 2.37. The van der Waals surface area contributed by atoms with Crippen LogP contribution in [0.5, 0.6) is 0 Å². The average Bonchev–Trinajstić information content (AvgIpc) is 2.71. The van der Waals surface area contributed by atoms with Crippen LogP contribution in [-0.2, 0) is 11.2 Å². The number of pyridine rings is 1. The van der Waals surface area contributed by atoms with Gasteiger partial charge in [0.1, 0.15) is 5.82 Å². The Bertz CT molecular complexity index is 734. The number of fused-ring (bicyclic) bond motifs is 1. The molecule has 1 aliphatic heterocycles. The first-order valence-corrected chi connectivity index (χ1v) is 7.12. The highest BCUT2D eigenvalue weighted by molar-refractivity contribution is 9.10. The molecule has 0 saturated carbocycles. The number of ketones is 1. The van der Waals surface area contributed by atoms with E-state index in [-0.39, 0.29) is 5.56 Å². The summed E-state index contributed by atoms with van der Waals surface area (Å²) in [7, 11) is 0. The Morgan fingerprint density at radius 2 is 2.05 bits per heavy atom. The number of halogens is 2. The molecule has 0 atom stereocenters. The molecule has 1 aromatic carbocycles. The van der Waals surface area contributed by atoms with Gasteiger partial charge in [-0.3, -0.25) is 14.6 Å².